The summed E-state index contributed by atoms with van der Waals surface area (Å²) < 4.78 is 7.68. The number of phenols is 1. The molecule has 0 spiro atoms. The standard InChI is InChI=1S/C78H58O2/c1-2-3-4-5-6-23-42-80-78-75-67-55-36-19-11-28-47(55)63(48-29-12-20-37-56(48)67)71(75)60(72-64-49-30-13-21-38-57(49)68(76(72)78)58-39-22-14-31-50(58)64)41-40-59-69-61-43-24-7-15-32-51(43)65(52-33-16-8-25-44(52)61)73(69)77(79)74-66-53-34-17-9-26-45(53)62(70(59)74)46-27-10-18-35-54(46)66/h7-22,24-39,61-68,79H,2-6,23,42H2,1H3. The summed E-state index contributed by atoms with van der Waals surface area (Å²) in [5.41, 5.74) is 33.6. The molecule has 0 heterocycles. The molecule has 0 unspecified atom stereocenters. The van der Waals surface area contributed by atoms with Gasteiger partial charge in [-0.15, -0.1) is 0 Å². The quantitative estimate of drug-likeness (QED) is 0.121. The van der Waals surface area contributed by atoms with E-state index in [4.69, 9.17) is 4.74 Å². The van der Waals surface area contributed by atoms with E-state index in [0.29, 0.717) is 12.4 Å². The number of benzene rings is 10. The van der Waals surface area contributed by atoms with Crippen molar-refractivity contribution in [3.8, 4) is 23.3 Å². The second kappa shape index (κ2) is 16.9. The molecule has 382 valence electrons. The van der Waals surface area contributed by atoms with Crippen molar-refractivity contribution < 1.29 is 9.84 Å². The Morgan fingerprint density at radius 1 is 0.287 bits per heavy atom. The molecule has 1 N–H and O–H groups in total. The molecule has 2 nitrogen and oxygen atoms in total. The first kappa shape index (κ1) is 45.2. The van der Waals surface area contributed by atoms with Crippen LogP contribution in [-0.2, 0) is 0 Å². The molecule has 0 saturated heterocycles. The number of phenolic OH excluding ortho intramolecular Hbond substituents is 1. The summed E-state index contributed by atoms with van der Waals surface area (Å²) in [6, 6.07) is 73.5. The van der Waals surface area contributed by atoms with Gasteiger partial charge in [-0.3, -0.25) is 0 Å². The second-order valence-corrected chi connectivity index (χ2v) is 24.1. The van der Waals surface area contributed by atoms with Crippen LogP contribution in [0.4, 0.5) is 0 Å². The number of hydrogen-bond donors (Lipinski definition) is 1. The van der Waals surface area contributed by atoms with Crippen molar-refractivity contribution in [1.82, 2.24) is 0 Å². The molecular weight excluding hydrogens is 969 g/mol. The van der Waals surface area contributed by atoms with Crippen molar-refractivity contribution in [3.05, 3.63) is 339 Å². The molecule has 0 fully saturated rings. The van der Waals surface area contributed by atoms with Crippen LogP contribution in [0.25, 0.3) is 0 Å². The van der Waals surface area contributed by atoms with E-state index in [1.807, 2.05) is 0 Å². The Morgan fingerprint density at radius 2 is 0.500 bits per heavy atom. The van der Waals surface area contributed by atoms with Gasteiger partial charge in [-0.25, -0.2) is 0 Å². The first-order valence-corrected chi connectivity index (χ1v) is 29.7. The Kier molecular flexibility index (Phi) is 9.58. The van der Waals surface area contributed by atoms with Crippen LogP contribution in [-0.4, -0.2) is 11.7 Å². The van der Waals surface area contributed by atoms with Crippen molar-refractivity contribution in [2.75, 3.05) is 6.61 Å². The Hall–Kier alpha value is -8.64. The van der Waals surface area contributed by atoms with Crippen molar-refractivity contribution in [3.63, 3.8) is 0 Å². The van der Waals surface area contributed by atoms with Crippen LogP contribution in [0.15, 0.2) is 194 Å². The van der Waals surface area contributed by atoms with E-state index in [1.165, 1.54) is 154 Å². The van der Waals surface area contributed by atoms with Crippen LogP contribution >= 0.6 is 0 Å². The fourth-order valence-corrected chi connectivity index (χ4v) is 17.7. The highest BCUT2D eigenvalue weighted by Gasteiger charge is 2.54. The van der Waals surface area contributed by atoms with Gasteiger partial charge in [0.25, 0.3) is 0 Å². The third-order valence-corrected chi connectivity index (χ3v) is 20.5. The highest BCUT2D eigenvalue weighted by molar-refractivity contribution is 5.86. The Balaban J connectivity index is 0.974. The van der Waals surface area contributed by atoms with Crippen molar-refractivity contribution in [2.24, 2.45) is 0 Å². The van der Waals surface area contributed by atoms with Gasteiger partial charge in [0.15, 0.2) is 0 Å². The number of unbranched alkanes of at least 4 members (excludes halogenated alkanes) is 5. The van der Waals surface area contributed by atoms with Crippen LogP contribution in [0.5, 0.6) is 11.5 Å². The molecule has 0 aromatic heterocycles. The maximum absolute atomic E-state index is 13.7. The average Bonchev–Trinajstić information content (AvgIpc) is 3.67. The summed E-state index contributed by atoms with van der Waals surface area (Å²) in [6.45, 7) is 2.98. The normalized spacial score (nSPS) is 21.6. The summed E-state index contributed by atoms with van der Waals surface area (Å²) >= 11 is 0. The topological polar surface area (TPSA) is 29.5 Å². The van der Waals surface area contributed by atoms with E-state index >= 15 is 0 Å². The Morgan fingerprint density at radius 3 is 0.762 bits per heavy atom. The first-order chi connectivity index (χ1) is 39.7. The smallest absolute Gasteiger partial charge is 0.128 e. The Bertz CT molecular complexity index is 3980. The largest absolute Gasteiger partial charge is 0.507 e. The fourth-order valence-electron chi connectivity index (χ4n) is 17.7. The molecule has 8 bridgehead atoms. The van der Waals surface area contributed by atoms with Gasteiger partial charge < -0.3 is 9.84 Å². The van der Waals surface area contributed by atoms with Crippen LogP contribution in [0.2, 0.25) is 0 Å². The number of ether oxygens (including phenoxy) is 1. The molecule has 0 aliphatic heterocycles. The zero-order chi connectivity index (χ0) is 52.5. The van der Waals surface area contributed by atoms with Crippen molar-refractivity contribution in [2.45, 2.75) is 92.8 Å². The predicted octanol–water partition coefficient (Wildman–Crippen LogP) is 17.5. The van der Waals surface area contributed by atoms with Gasteiger partial charge in [-0.05, 0) is 118 Å². The molecule has 10 aromatic carbocycles. The van der Waals surface area contributed by atoms with Gasteiger partial charge >= 0.3 is 0 Å². The maximum Gasteiger partial charge on any atom is 0.128 e. The number of aromatic hydroxyl groups is 1. The molecule has 80 heavy (non-hydrogen) atoms. The summed E-state index contributed by atoms with van der Waals surface area (Å²) in [4.78, 5) is 0. The molecule has 0 amide bonds. The molecule has 0 saturated carbocycles. The van der Waals surface area contributed by atoms with E-state index in [1.54, 1.807) is 0 Å². The van der Waals surface area contributed by atoms with Crippen LogP contribution in [0.3, 0.4) is 0 Å². The lowest BCUT2D eigenvalue weighted by molar-refractivity contribution is 0.295. The summed E-state index contributed by atoms with van der Waals surface area (Å²) in [5.74, 6) is 9.73. The van der Waals surface area contributed by atoms with Gasteiger partial charge in [0.05, 0.1) is 6.61 Å². The van der Waals surface area contributed by atoms with Crippen LogP contribution in [0.1, 0.15) is 237 Å². The maximum atomic E-state index is 13.7. The van der Waals surface area contributed by atoms with E-state index in [0.717, 1.165) is 35.3 Å². The SMILES string of the molecule is CCCCCCCCOc1c2c(c(C#Cc3c4c(c(O)c5c3C3c6ccccc6C5c5ccccc53)C3c5ccccc5C4c4ccccc43)c3c1C1c4ccccc4C3c3ccccc31)C1c3ccccc3C2c2ccccc21. The fraction of sp³-hybridized carbons (Fsp3) is 0.205. The van der Waals surface area contributed by atoms with Gasteiger partial charge in [0.2, 0.25) is 0 Å². The summed E-state index contributed by atoms with van der Waals surface area (Å²) in [7, 11) is 0. The lowest BCUT2D eigenvalue weighted by Gasteiger charge is -2.49. The average molecular weight is 1030 g/mol. The minimum absolute atomic E-state index is 0.0135. The highest BCUT2D eigenvalue weighted by atomic mass is 16.5. The monoisotopic (exact) mass is 1030 g/mol. The van der Waals surface area contributed by atoms with Crippen molar-refractivity contribution >= 4 is 0 Å². The third-order valence-electron chi connectivity index (χ3n) is 20.5. The second-order valence-electron chi connectivity index (χ2n) is 24.1. The molecular formula is C78H58O2. The molecule has 10 aromatic rings. The van der Waals surface area contributed by atoms with E-state index in [-0.39, 0.29) is 47.3 Å². The van der Waals surface area contributed by atoms with Crippen LogP contribution in [0, 0.1) is 11.8 Å². The summed E-state index contributed by atoms with van der Waals surface area (Å²) in [5, 5.41) is 13.7. The zero-order valence-electron chi connectivity index (χ0n) is 44.9. The number of rotatable bonds is 8. The van der Waals surface area contributed by atoms with E-state index in [2.05, 4.69) is 213 Å². The Labute approximate surface area is 468 Å². The van der Waals surface area contributed by atoms with E-state index < -0.39 is 0 Å². The summed E-state index contributed by atoms with van der Waals surface area (Å²) in [6.07, 6.45) is 7.23. The third kappa shape index (κ3) is 5.75. The molecule has 12 aliphatic carbocycles. The van der Waals surface area contributed by atoms with Gasteiger partial charge in [-0.2, -0.15) is 0 Å². The lowest BCUT2D eigenvalue weighted by atomic mass is 9.54. The zero-order valence-corrected chi connectivity index (χ0v) is 44.9. The predicted molar refractivity (Wildman–Crippen MR) is 318 cm³/mol. The minimum Gasteiger partial charge on any atom is -0.507 e. The number of hydrogen-bond acceptors (Lipinski definition) is 2. The van der Waals surface area contributed by atoms with Gasteiger partial charge in [0.1, 0.15) is 11.5 Å². The lowest BCUT2D eigenvalue weighted by Crippen LogP contribution is -2.34. The minimum atomic E-state index is -0.129. The molecule has 0 atom stereocenters. The molecule has 2 heteroatoms. The molecule has 12 aliphatic rings. The van der Waals surface area contributed by atoms with E-state index in [9.17, 15) is 5.11 Å². The van der Waals surface area contributed by atoms with Crippen LogP contribution < -0.4 is 4.74 Å². The highest BCUT2D eigenvalue weighted by Crippen LogP contribution is 2.68. The first-order valence-electron chi connectivity index (χ1n) is 29.7. The molecule has 0 radical (unpaired) electrons. The van der Waals surface area contributed by atoms with Gasteiger partial charge in [0, 0.05) is 80.7 Å². The molecule has 22 rings (SSSR count). The van der Waals surface area contributed by atoms with Gasteiger partial charge in [-0.1, -0.05) is 245 Å². The van der Waals surface area contributed by atoms with Crippen molar-refractivity contribution in [1.29, 1.82) is 0 Å².